The van der Waals surface area contributed by atoms with Gasteiger partial charge in [-0.05, 0) is 34.6 Å². The lowest BCUT2D eigenvalue weighted by Gasteiger charge is -2.21. The molecule has 0 saturated carbocycles. The van der Waals surface area contributed by atoms with E-state index in [2.05, 4.69) is 34.9 Å². The number of rotatable bonds is 9. The van der Waals surface area contributed by atoms with Crippen molar-refractivity contribution in [2.45, 2.75) is 44.2 Å². The number of amides is 2. The zero-order valence-corrected chi connectivity index (χ0v) is 19.2. The van der Waals surface area contributed by atoms with E-state index in [1.807, 2.05) is 31.2 Å². The minimum Gasteiger partial charge on any atom is -0.481 e. The predicted octanol–water partition coefficient (Wildman–Crippen LogP) is 3.30. The van der Waals surface area contributed by atoms with E-state index in [0.717, 1.165) is 22.3 Å². The fourth-order valence-electron chi connectivity index (χ4n) is 4.74. The Morgan fingerprint density at radius 1 is 1.09 bits per heavy atom. The summed E-state index contributed by atoms with van der Waals surface area (Å²) in [6.45, 7) is 2.67. The van der Waals surface area contributed by atoms with Gasteiger partial charge in [-0.25, -0.2) is 4.79 Å². The Bertz CT molecular complexity index is 1010. The van der Waals surface area contributed by atoms with Crippen molar-refractivity contribution in [3.05, 3.63) is 59.7 Å². The first-order chi connectivity index (χ1) is 16.5. The number of aliphatic carboxylic acids is 1. The van der Waals surface area contributed by atoms with Gasteiger partial charge in [0.05, 0.1) is 6.04 Å². The van der Waals surface area contributed by atoms with E-state index in [0.29, 0.717) is 19.4 Å². The molecular formula is C26H30N2O6. The quantitative estimate of drug-likeness (QED) is 0.523. The van der Waals surface area contributed by atoms with Crippen LogP contribution in [0.15, 0.2) is 48.5 Å². The van der Waals surface area contributed by atoms with Crippen LogP contribution in [-0.2, 0) is 19.1 Å². The third kappa shape index (κ3) is 5.22. The van der Waals surface area contributed by atoms with Crippen LogP contribution >= 0.6 is 0 Å². The summed E-state index contributed by atoms with van der Waals surface area (Å²) in [5, 5.41) is 14.5. The topological polar surface area (TPSA) is 114 Å². The Morgan fingerprint density at radius 3 is 2.35 bits per heavy atom. The molecule has 1 fully saturated rings. The van der Waals surface area contributed by atoms with Crippen LogP contribution in [0.4, 0.5) is 4.79 Å². The average molecular weight is 467 g/mol. The van der Waals surface area contributed by atoms with Gasteiger partial charge in [0.2, 0.25) is 0 Å². The van der Waals surface area contributed by atoms with Crippen molar-refractivity contribution < 1.29 is 29.0 Å². The highest BCUT2D eigenvalue weighted by molar-refractivity contribution is 5.83. The van der Waals surface area contributed by atoms with Gasteiger partial charge in [0.15, 0.2) is 6.10 Å². The van der Waals surface area contributed by atoms with Gasteiger partial charge in [0.1, 0.15) is 6.61 Å². The van der Waals surface area contributed by atoms with E-state index in [1.165, 1.54) is 0 Å². The lowest BCUT2D eigenvalue weighted by Crippen LogP contribution is -2.49. The summed E-state index contributed by atoms with van der Waals surface area (Å²) in [6, 6.07) is 15.7. The van der Waals surface area contributed by atoms with Crippen molar-refractivity contribution in [3.8, 4) is 11.1 Å². The van der Waals surface area contributed by atoms with Gasteiger partial charge in [-0.3, -0.25) is 9.59 Å². The molecule has 2 aromatic carbocycles. The molecule has 2 aliphatic rings. The van der Waals surface area contributed by atoms with Gasteiger partial charge in [-0.1, -0.05) is 61.9 Å². The highest BCUT2D eigenvalue weighted by Gasteiger charge is 2.36. The van der Waals surface area contributed by atoms with Crippen molar-refractivity contribution in [2.75, 3.05) is 19.8 Å². The molecule has 34 heavy (non-hydrogen) atoms. The maximum atomic E-state index is 12.6. The molecule has 0 spiro atoms. The Morgan fingerprint density at radius 2 is 1.74 bits per heavy atom. The van der Waals surface area contributed by atoms with Crippen LogP contribution < -0.4 is 10.6 Å². The third-order valence-electron chi connectivity index (χ3n) is 6.60. The summed E-state index contributed by atoms with van der Waals surface area (Å²) in [7, 11) is 0. The van der Waals surface area contributed by atoms with Gasteiger partial charge in [-0.2, -0.15) is 0 Å². The van der Waals surface area contributed by atoms with Crippen LogP contribution in [0, 0.1) is 5.92 Å². The Balaban J connectivity index is 1.32. The molecular weight excluding hydrogens is 436 g/mol. The van der Waals surface area contributed by atoms with Crippen molar-refractivity contribution in [2.24, 2.45) is 5.92 Å². The first-order valence-corrected chi connectivity index (χ1v) is 11.7. The standard InChI is InChI=1S/C26H30N2O6/c1-2-16(13-23(29)30)14-27-25(31)24-22(11-12-33-24)28-26(32)34-15-21-19-9-5-3-7-17(19)18-8-4-6-10-20(18)21/h3-10,16,21-22,24H,2,11-15H2,1H3,(H,27,31)(H,28,32)(H,29,30). The van der Waals surface area contributed by atoms with Gasteiger partial charge < -0.3 is 25.2 Å². The number of carbonyl (C=O) groups excluding carboxylic acids is 2. The molecule has 8 nitrogen and oxygen atoms in total. The molecule has 8 heteroatoms. The molecule has 1 saturated heterocycles. The van der Waals surface area contributed by atoms with E-state index in [9.17, 15) is 14.4 Å². The summed E-state index contributed by atoms with van der Waals surface area (Å²) < 4.78 is 11.1. The van der Waals surface area contributed by atoms with Crippen LogP contribution in [0.1, 0.15) is 43.2 Å². The number of nitrogens with one attached hydrogen (secondary N) is 2. The molecule has 2 amide bonds. The molecule has 1 heterocycles. The molecule has 3 N–H and O–H groups in total. The third-order valence-corrected chi connectivity index (χ3v) is 6.60. The monoisotopic (exact) mass is 466 g/mol. The largest absolute Gasteiger partial charge is 0.481 e. The second-order valence-electron chi connectivity index (χ2n) is 8.77. The van der Waals surface area contributed by atoms with Crippen LogP contribution in [0.3, 0.4) is 0 Å². The highest BCUT2D eigenvalue weighted by atomic mass is 16.6. The molecule has 2 aromatic rings. The first-order valence-electron chi connectivity index (χ1n) is 11.7. The summed E-state index contributed by atoms with van der Waals surface area (Å²) in [4.78, 5) is 36.1. The van der Waals surface area contributed by atoms with Crippen LogP contribution in [-0.4, -0.2) is 55.0 Å². The van der Waals surface area contributed by atoms with E-state index < -0.39 is 24.2 Å². The molecule has 3 atom stereocenters. The first kappa shape index (κ1) is 23.8. The number of hydrogen-bond donors (Lipinski definition) is 3. The number of ether oxygens (including phenoxy) is 2. The fraction of sp³-hybridized carbons (Fsp3) is 0.423. The van der Waals surface area contributed by atoms with E-state index in [1.54, 1.807) is 0 Å². The molecule has 180 valence electrons. The lowest BCUT2D eigenvalue weighted by molar-refractivity contribution is -0.138. The maximum absolute atomic E-state index is 12.6. The van der Waals surface area contributed by atoms with Crippen LogP contribution in [0.25, 0.3) is 11.1 Å². The zero-order valence-electron chi connectivity index (χ0n) is 19.2. The number of alkyl carbamates (subject to hydrolysis) is 1. The van der Waals surface area contributed by atoms with Gasteiger partial charge in [-0.15, -0.1) is 0 Å². The Labute approximate surface area is 198 Å². The van der Waals surface area contributed by atoms with Gasteiger partial charge >= 0.3 is 12.1 Å². The van der Waals surface area contributed by atoms with Crippen molar-refractivity contribution >= 4 is 18.0 Å². The number of hydrogen-bond acceptors (Lipinski definition) is 5. The average Bonchev–Trinajstić information content (AvgIpc) is 3.42. The molecule has 0 bridgehead atoms. The Hall–Kier alpha value is -3.39. The smallest absolute Gasteiger partial charge is 0.407 e. The zero-order chi connectivity index (χ0) is 24.1. The highest BCUT2D eigenvalue weighted by Crippen LogP contribution is 2.44. The Kier molecular flexibility index (Phi) is 7.47. The van der Waals surface area contributed by atoms with Crippen molar-refractivity contribution in [3.63, 3.8) is 0 Å². The van der Waals surface area contributed by atoms with Gasteiger partial charge in [0.25, 0.3) is 5.91 Å². The van der Waals surface area contributed by atoms with E-state index >= 15 is 0 Å². The molecule has 4 rings (SSSR count). The number of fused-ring (bicyclic) bond motifs is 3. The number of benzene rings is 2. The number of carbonyl (C=O) groups is 3. The predicted molar refractivity (Wildman–Crippen MR) is 125 cm³/mol. The number of carboxylic acids is 1. The second kappa shape index (κ2) is 10.7. The minimum atomic E-state index is -0.895. The van der Waals surface area contributed by atoms with Gasteiger partial charge in [0, 0.05) is 25.5 Å². The van der Waals surface area contributed by atoms with Crippen LogP contribution in [0.5, 0.6) is 0 Å². The van der Waals surface area contributed by atoms with E-state index in [-0.39, 0.29) is 37.3 Å². The molecule has 3 unspecified atom stereocenters. The summed E-state index contributed by atoms with van der Waals surface area (Å²) >= 11 is 0. The number of carboxylic acid groups (broad SMARTS) is 1. The van der Waals surface area contributed by atoms with Crippen molar-refractivity contribution in [1.82, 2.24) is 10.6 Å². The summed E-state index contributed by atoms with van der Waals surface area (Å²) in [5.74, 6) is -1.45. The minimum absolute atomic E-state index is 0.0102. The summed E-state index contributed by atoms with van der Waals surface area (Å²) in [6.07, 6.45) is -0.298. The SMILES string of the molecule is CCC(CNC(=O)C1OCCC1NC(=O)OCC1c2ccccc2-c2ccccc21)CC(=O)O. The molecule has 1 aliphatic heterocycles. The molecule has 1 aliphatic carbocycles. The lowest BCUT2D eigenvalue weighted by atomic mass is 9.98. The maximum Gasteiger partial charge on any atom is 0.407 e. The normalized spacial score (nSPS) is 19.7. The molecule has 0 radical (unpaired) electrons. The van der Waals surface area contributed by atoms with E-state index in [4.69, 9.17) is 14.6 Å². The van der Waals surface area contributed by atoms with Crippen LogP contribution in [0.2, 0.25) is 0 Å². The summed E-state index contributed by atoms with van der Waals surface area (Å²) in [5.41, 5.74) is 4.57. The fourth-order valence-corrected chi connectivity index (χ4v) is 4.74. The second-order valence-corrected chi connectivity index (χ2v) is 8.77. The molecule has 0 aromatic heterocycles. The van der Waals surface area contributed by atoms with Crippen molar-refractivity contribution in [1.29, 1.82) is 0 Å².